The number of carbonyl (C=O) groups is 2. The molecule has 2 aromatic heterocycles. The second-order valence-corrected chi connectivity index (χ2v) is 10.4. The van der Waals surface area contributed by atoms with Crippen molar-refractivity contribution in [2.75, 3.05) is 9.80 Å². The van der Waals surface area contributed by atoms with Gasteiger partial charge in [-0.05, 0) is 49.6 Å². The zero-order valence-electron chi connectivity index (χ0n) is 20.9. The van der Waals surface area contributed by atoms with Crippen LogP contribution in [0.5, 0.6) is 0 Å². The molecule has 1 atom stereocenters. The lowest BCUT2D eigenvalue weighted by Gasteiger charge is -2.43. The second-order valence-electron chi connectivity index (χ2n) is 10.4. The topological polar surface area (TPSA) is 84.2 Å². The Bertz CT molecular complexity index is 1680. The Hall–Kier alpha value is -4.28. The number of carbonyl (C=O) groups excluding carboxylic acids is 2. The fourth-order valence-electron chi connectivity index (χ4n) is 6.48. The Balaban J connectivity index is 1.39. The van der Waals surface area contributed by atoms with Gasteiger partial charge in [0.05, 0.1) is 5.69 Å². The molecule has 0 N–H and O–H groups in total. The highest BCUT2D eigenvalue weighted by Crippen LogP contribution is 2.57. The molecule has 2 aliphatic carbocycles. The van der Waals surface area contributed by atoms with Crippen LogP contribution in [0.25, 0.3) is 11.3 Å². The molecule has 0 spiro atoms. The van der Waals surface area contributed by atoms with Crippen LogP contribution in [0.4, 0.5) is 24.5 Å². The molecule has 0 saturated heterocycles. The van der Waals surface area contributed by atoms with E-state index in [9.17, 15) is 22.8 Å². The number of anilines is 2. The molecule has 39 heavy (non-hydrogen) atoms. The van der Waals surface area contributed by atoms with E-state index < -0.39 is 48.0 Å². The van der Waals surface area contributed by atoms with Gasteiger partial charge in [-0.15, -0.1) is 0 Å². The Labute approximate surface area is 221 Å². The molecule has 2 amide bonds. The molecule has 11 heteroatoms. The highest BCUT2D eigenvalue weighted by molar-refractivity contribution is 6.16. The van der Waals surface area contributed by atoms with E-state index in [2.05, 4.69) is 15.0 Å². The van der Waals surface area contributed by atoms with Gasteiger partial charge in [-0.25, -0.2) is 28.1 Å². The van der Waals surface area contributed by atoms with Crippen LogP contribution in [0.3, 0.4) is 0 Å². The van der Waals surface area contributed by atoms with Crippen molar-refractivity contribution in [3.05, 3.63) is 77.6 Å². The van der Waals surface area contributed by atoms with Gasteiger partial charge in [0.25, 0.3) is 11.8 Å². The monoisotopic (exact) mass is 532 g/mol. The Morgan fingerprint density at radius 2 is 1.90 bits per heavy atom. The molecule has 1 saturated carbocycles. The predicted octanol–water partition coefficient (Wildman–Crippen LogP) is 4.29. The van der Waals surface area contributed by atoms with Gasteiger partial charge < -0.3 is 9.47 Å². The summed E-state index contributed by atoms with van der Waals surface area (Å²) in [5.74, 6) is -3.82. The van der Waals surface area contributed by atoms with Gasteiger partial charge in [-0.3, -0.25) is 14.5 Å². The first-order valence-electron chi connectivity index (χ1n) is 12.8. The molecule has 198 valence electrons. The summed E-state index contributed by atoms with van der Waals surface area (Å²) in [6, 6.07) is 10.3. The number of halogens is 3. The summed E-state index contributed by atoms with van der Waals surface area (Å²) in [4.78, 5) is 44.5. The van der Waals surface area contributed by atoms with Crippen molar-refractivity contribution in [2.24, 2.45) is 0 Å². The fourth-order valence-corrected chi connectivity index (χ4v) is 6.48. The molecule has 0 bridgehead atoms. The fraction of sp³-hybridized carbons (Fsp3) is 0.321. The molecule has 3 heterocycles. The van der Waals surface area contributed by atoms with Crippen molar-refractivity contribution in [1.82, 2.24) is 19.5 Å². The number of amides is 2. The Kier molecular flexibility index (Phi) is 4.95. The summed E-state index contributed by atoms with van der Waals surface area (Å²) in [7, 11) is 0. The molecule has 2 aromatic carbocycles. The first kappa shape index (κ1) is 23.8. The lowest BCUT2D eigenvalue weighted by atomic mass is 9.86. The van der Waals surface area contributed by atoms with Crippen LogP contribution in [0.15, 0.2) is 54.9 Å². The standard InChI is InChI=1S/C28H23F3N6O2/c1-16-34-24-25(33-11-10-32-24)35(16)15-22(38)37(19-6-3-5-18(29)12-19)28-9-8-17-4-2-7-21(23(17)28)36(26(28)39)20-13-27(30,31)14-20/h2-7,10-12,20H,8-9,13-15H2,1H3. The van der Waals surface area contributed by atoms with E-state index in [1.54, 1.807) is 29.7 Å². The SMILES string of the molecule is Cc1nc2nccnc2n1CC(=O)N(c1cccc(F)c1)C12CCc3cccc(c31)N(C1CC(F)(F)C1)C2=O. The number of aryl methyl sites for hydroxylation is 2. The largest absolute Gasteiger partial charge is 0.306 e. The van der Waals surface area contributed by atoms with Crippen LogP contribution < -0.4 is 9.80 Å². The Morgan fingerprint density at radius 3 is 2.67 bits per heavy atom. The van der Waals surface area contributed by atoms with Gasteiger partial charge in [-0.2, -0.15) is 0 Å². The van der Waals surface area contributed by atoms with E-state index in [0.29, 0.717) is 34.8 Å². The smallest absolute Gasteiger partial charge is 0.258 e. The first-order chi connectivity index (χ1) is 18.7. The predicted molar refractivity (Wildman–Crippen MR) is 136 cm³/mol. The van der Waals surface area contributed by atoms with Gasteiger partial charge >= 0.3 is 0 Å². The minimum atomic E-state index is -2.84. The van der Waals surface area contributed by atoms with Crippen LogP contribution >= 0.6 is 0 Å². The minimum absolute atomic E-state index is 0.213. The number of fused-ring (bicyclic) bond motifs is 1. The molecule has 1 unspecified atom stereocenters. The third-order valence-electron chi connectivity index (χ3n) is 8.13. The molecular formula is C28H23F3N6O2. The highest BCUT2D eigenvalue weighted by atomic mass is 19.3. The summed E-state index contributed by atoms with van der Waals surface area (Å²) in [5, 5.41) is 0. The van der Waals surface area contributed by atoms with Gasteiger partial charge in [0.15, 0.2) is 16.8 Å². The minimum Gasteiger partial charge on any atom is -0.306 e. The van der Waals surface area contributed by atoms with E-state index in [-0.39, 0.29) is 18.7 Å². The average Bonchev–Trinajstić information content (AvgIpc) is 3.50. The quantitative estimate of drug-likeness (QED) is 0.383. The number of nitrogens with zero attached hydrogens (tertiary/aromatic N) is 6. The number of imidazole rings is 1. The first-order valence-corrected chi connectivity index (χ1v) is 12.8. The molecule has 7 rings (SSSR count). The van der Waals surface area contributed by atoms with Gasteiger partial charge in [-0.1, -0.05) is 18.2 Å². The van der Waals surface area contributed by atoms with Crippen molar-refractivity contribution < 1.29 is 22.8 Å². The van der Waals surface area contributed by atoms with Crippen LogP contribution in [0, 0.1) is 12.7 Å². The van der Waals surface area contributed by atoms with E-state index in [0.717, 1.165) is 5.56 Å². The normalized spacial score (nSPS) is 21.3. The number of benzene rings is 2. The molecule has 0 radical (unpaired) electrons. The van der Waals surface area contributed by atoms with Gasteiger partial charge in [0, 0.05) is 42.5 Å². The number of hydrogen-bond donors (Lipinski definition) is 0. The van der Waals surface area contributed by atoms with E-state index >= 15 is 0 Å². The lowest BCUT2D eigenvalue weighted by Crippen LogP contribution is -2.60. The second kappa shape index (κ2) is 8.11. The molecular weight excluding hydrogens is 509 g/mol. The van der Waals surface area contributed by atoms with E-state index in [1.165, 1.54) is 40.4 Å². The number of aromatic nitrogens is 4. The number of rotatable bonds is 5. The molecule has 1 aliphatic heterocycles. The van der Waals surface area contributed by atoms with Crippen LogP contribution in [-0.2, 0) is 28.1 Å². The molecule has 4 aromatic rings. The molecule has 3 aliphatic rings. The third-order valence-corrected chi connectivity index (χ3v) is 8.13. The van der Waals surface area contributed by atoms with Crippen LogP contribution in [-0.4, -0.2) is 43.3 Å². The van der Waals surface area contributed by atoms with Gasteiger partial charge in [0.2, 0.25) is 5.91 Å². The zero-order valence-corrected chi connectivity index (χ0v) is 20.9. The van der Waals surface area contributed by atoms with Crippen molar-refractivity contribution in [2.45, 2.75) is 56.7 Å². The number of hydrogen-bond acceptors (Lipinski definition) is 5. The average molecular weight is 533 g/mol. The summed E-state index contributed by atoms with van der Waals surface area (Å²) in [6.45, 7) is 1.50. The van der Waals surface area contributed by atoms with Crippen molar-refractivity contribution in [1.29, 1.82) is 0 Å². The summed E-state index contributed by atoms with van der Waals surface area (Å²) >= 11 is 0. The lowest BCUT2D eigenvalue weighted by molar-refractivity contribution is -0.131. The summed E-state index contributed by atoms with van der Waals surface area (Å²) in [6.07, 6.45) is 2.90. The van der Waals surface area contributed by atoms with E-state index in [1.807, 2.05) is 6.07 Å². The van der Waals surface area contributed by atoms with Crippen molar-refractivity contribution in [3.8, 4) is 0 Å². The van der Waals surface area contributed by atoms with Crippen LogP contribution in [0.2, 0.25) is 0 Å². The molecule has 8 nitrogen and oxygen atoms in total. The van der Waals surface area contributed by atoms with Crippen LogP contribution in [0.1, 0.15) is 36.2 Å². The summed E-state index contributed by atoms with van der Waals surface area (Å²) < 4.78 is 44.1. The van der Waals surface area contributed by atoms with Crippen molar-refractivity contribution >= 4 is 34.5 Å². The highest BCUT2D eigenvalue weighted by Gasteiger charge is 2.63. The maximum Gasteiger partial charge on any atom is 0.258 e. The maximum absolute atomic E-state index is 14.6. The zero-order chi connectivity index (χ0) is 27.1. The number of alkyl halides is 2. The van der Waals surface area contributed by atoms with E-state index in [4.69, 9.17) is 0 Å². The third kappa shape index (κ3) is 3.34. The Morgan fingerprint density at radius 1 is 1.13 bits per heavy atom. The maximum atomic E-state index is 14.6. The van der Waals surface area contributed by atoms with Gasteiger partial charge in [0.1, 0.15) is 18.2 Å². The summed E-state index contributed by atoms with van der Waals surface area (Å²) in [5.41, 5.74) is 1.56. The van der Waals surface area contributed by atoms with Crippen molar-refractivity contribution in [3.63, 3.8) is 0 Å². The molecule has 1 fully saturated rings.